The van der Waals surface area contributed by atoms with E-state index in [1.807, 2.05) is 12.1 Å². The Morgan fingerprint density at radius 2 is 1.65 bits per heavy atom. The fraction of sp³-hybridized carbons (Fsp3) is 0.739. The third kappa shape index (κ3) is 7.28. The molecule has 0 heterocycles. The van der Waals surface area contributed by atoms with Crippen LogP contribution in [0.4, 0.5) is 0 Å². The predicted octanol–water partition coefficient (Wildman–Crippen LogP) is 5.06. The molecular weight excluding hydrogens is 322 g/mol. The molecule has 1 unspecified atom stereocenters. The summed E-state index contributed by atoms with van der Waals surface area (Å²) in [7, 11) is 0. The van der Waals surface area contributed by atoms with E-state index in [9.17, 15) is 5.11 Å². The fourth-order valence-corrected chi connectivity index (χ4v) is 4.29. The lowest BCUT2D eigenvalue weighted by Gasteiger charge is -2.33. The molecule has 3 heteroatoms. The van der Waals surface area contributed by atoms with Crippen LogP contribution in [0.3, 0.4) is 0 Å². The van der Waals surface area contributed by atoms with Crippen molar-refractivity contribution in [1.82, 2.24) is 5.32 Å². The minimum atomic E-state index is -0.464. The van der Waals surface area contributed by atoms with Crippen LogP contribution in [0, 0.1) is 5.41 Å². The molecule has 0 aliphatic heterocycles. The van der Waals surface area contributed by atoms with Crippen molar-refractivity contribution in [2.75, 3.05) is 13.2 Å². The van der Waals surface area contributed by atoms with E-state index in [2.05, 4.69) is 52.1 Å². The van der Waals surface area contributed by atoms with Crippen LogP contribution in [0.15, 0.2) is 24.3 Å². The summed E-state index contributed by atoms with van der Waals surface area (Å²) in [5.41, 5.74) is 1.77. The smallest absolute Gasteiger partial charge is 0.119 e. The van der Waals surface area contributed by atoms with E-state index in [1.165, 1.54) is 37.7 Å². The Bertz CT molecular complexity index is 524. The topological polar surface area (TPSA) is 41.5 Å². The first-order chi connectivity index (χ1) is 12.2. The molecule has 0 radical (unpaired) electrons. The van der Waals surface area contributed by atoms with Gasteiger partial charge in [-0.05, 0) is 47.8 Å². The van der Waals surface area contributed by atoms with Crippen LogP contribution in [0.2, 0.25) is 0 Å². The SMILES string of the molecule is CC(C)(C)CC(C)(C)c1ccc(OCC(O)CNC2CCCCC2)cc1. The van der Waals surface area contributed by atoms with Crippen molar-refractivity contribution in [1.29, 1.82) is 0 Å². The van der Waals surface area contributed by atoms with Gasteiger partial charge in [-0.1, -0.05) is 66.0 Å². The van der Waals surface area contributed by atoms with Gasteiger partial charge in [-0.2, -0.15) is 0 Å². The zero-order valence-corrected chi connectivity index (χ0v) is 17.5. The molecule has 148 valence electrons. The van der Waals surface area contributed by atoms with Gasteiger partial charge in [0.05, 0.1) is 0 Å². The second-order valence-electron chi connectivity index (χ2n) is 9.85. The molecule has 0 amide bonds. The monoisotopic (exact) mass is 361 g/mol. The maximum Gasteiger partial charge on any atom is 0.119 e. The van der Waals surface area contributed by atoms with Gasteiger partial charge >= 0.3 is 0 Å². The van der Waals surface area contributed by atoms with E-state index < -0.39 is 6.10 Å². The van der Waals surface area contributed by atoms with Gasteiger partial charge in [-0.3, -0.25) is 0 Å². The van der Waals surface area contributed by atoms with Gasteiger partial charge in [0.25, 0.3) is 0 Å². The molecule has 1 aromatic rings. The second-order valence-corrected chi connectivity index (χ2v) is 9.85. The molecule has 1 saturated carbocycles. The summed E-state index contributed by atoms with van der Waals surface area (Å²) < 4.78 is 5.79. The van der Waals surface area contributed by atoms with Gasteiger partial charge in [0.15, 0.2) is 0 Å². The molecule has 0 aromatic heterocycles. The lowest BCUT2D eigenvalue weighted by Crippen LogP contribution is -2.38. The molecule has 2 rings (SSSR count). The van der Waals surface area contributed by atoms with E-state index in [0.717, 1.165) is 12.2 Å². The lowest BCUT2D eigenvalue weighted by molar-refractivity contribution is 0.102. The lowest BCUT2D eigenvalue weighted by atomic mass is 9.72. The van der Waals surface area contributed by atoms with Crippen LogP contribution in [-0.4, -0.2) is 30.4 Å². The Kier molecular flexibility index (Phi) is 7.54. The molecule has 1 aliphatic rings. The summed E-state index contributed by atoms with van der Waals surface area (Å²) in [5.74, 6) is 0.831. The van der Waals surface area contributed by atoms with E-state index in [0.29, 0.717) is 24.6 Å². The second kappa shape index (κ2) is 9.23. The Morgan fingerprint density at radius 3 is 2.23 bits per heavy atom. The quantitative estimate of drug-likeness (QED) is 0.680. The number of hydrogen-bond donors (Lipinski definition) is 2. The van der Waals surface area contributed by atoms with Gasteiger partial charge < -0.3 is 15.2 Å². The molecule has 1 fully saturated rings. The maximum atomic E-state index is 10.2. The Balaban J connectivity index is 1.77. The van der Waals surface area contributed by atoms with E-state index in [-0.39, 0.29) is 5.41 Å². The Hall–Kier alpha value is -1.06. The summed E-state index contributed by atoms with van der Waals surface area (Å²) in [5, 5.41) is 13.6. The number of rotatable bonds is 8. The highest BCUT2D eigenvalue weighted by Gasteiger charge is 2.27. The first kappa shape index (κ1) is 21.2. The highest BCUT2D eigenvalue weighted by molar-refractivity contribution is 5.31. The van der Waals surface area contributed by atoms with Crippen LogP contribution in [0.25, 0.3) is 0 Å². The average Bonchev–Trinajstić information content (AvgIpc) is 2.57. The molecule has 2 N–H and O–H groups in total. The zero-order chi connectivity index (χ0) is 19.2. The van der Waals surface area contributed by atoms with Crippen LogP contribution in [-0.2, 0) is 5.41 Å². The number of aliphatic hydroxyl groups excluding tert-OH is 1. The van der Waals surface area contributed by atoms with Gasteiger partial charge in [-0.15, -0.1) is 0 Å². The van der Waals surface area contributed by atoms with Crippen molar-refractivity contribution in [3.63, 3.8) is 0 Å². The van der Waals surface area contributed by atoms with Crippen LogP contribution < -0.4 is 10.1 Å². The van der Waals surface area contributed by atoms with E-state index in [1.54, 1.807) is 0 Å². The van der Waals surface area contributed by atoms with Crippen molar-refractivity contribution in [2.45, 2.75) is 90.7 Å². The Morgan fingerprint density at radius 1 is 1.04 bits per heavy atom. The van der Waals surface area contributed by atoms with Crippen molar-refractivity contribution in [3.8, 4) is 5.75 Å². The van der Waals surface area contributed by atoms with Crippen molar-refractivity contribution in [3.05, 3.63) is 29.8 Å². The van der Waals surface area contributed by atoms with Crippen LogP contribution in [0.1, 0.15) is 78.7 Å². The largest absolute Gasteiger partial charge is 0.491 e. The molecule has 0 bridgehead atoms. The standard InChI is InChI=1S/C23H39NO2/c1-22(2,3)17-23(4,5)18-11-13-21(14-12-18)26-16-20(25)15-24-19-9-7-6-8-10-19/h11-14,19-20,24-25H,6-10,15-17H2,1-5H3. The minimum Gasteiger partial charge on any atom is -0.491 e. The highest BCUT2D eigenvalue weighted by Crippen LogP contribution is 2.36. The van der Waals surface area contributed by atoms with Gasteiger partial charge in [-0.25, -0.2) is 0 Å². The number of ether oxygens (including phenoxy) is 1. The van der Waals surface area contributed by atoms with Crippen LogP contribution in [0.5, 0.6) is 5.75 Å². The summed E-state index contributed by atoms with van der Waals surface area (Å²) >= 11 is 0. The molecule has 26 heavy (non-hydrogen) atoms. The number of hydrogen-bond acceptors (Lipinski definition) is 3. The van der Waals surface area contributed by atoms with Crippen LogP contribution >= 0.6 is 0 Å². The van der Waals surface area contributed by atoms with E-state index >= 15 is 0 Å². The third-order valence-electron chi connectivity index (χ3n) is 5.30. The summed E-state index contributed by atoms with van der Waals surface area (Å²) in [6.45, 7) is 12.4. The van der Waals surface area contributed by atoms with Crippen molar-refractivity contribution >= 4 is 0 Å². The van der Waals surface area contributed by atoms with Gasteiger partial charge in [0.2, 0.25) is 0 Å². The third-order valence-corrected chi connectivity index (χ3v) is 5.30. The van der Waals surface area contributed by atoms with Gasteiger partial charge in [0.1, 0.15) is 18.5 Å². The van der Waals surface area contributed by atoms with E-state index in [4.69, 9.17) is 4.74 Å². The number of nitrogens with one attached hydrogen (secondary N) is 1. The Labute approximate surface area is 160 Å². The number of aliphatic hydroxyl groups is 1. The predicted molar refractivity (Wildman–Crippen MR) is 110 cm³/mol. The number of benzene rings is 1. The first-order valence-corrected chi connectivity index (χ1v) is 10.3. The molecule has 1 aliphatic carbocycles. The zero-order valence-electron chi connectivity index (χ0n) is 17.5. The average molecular weight is 362 g/mol. The molecule has 3 nitrogen and oxygen atoms in total. The minimum absolute atomic E-state index is 0.139. The molecule has 0 spiro atoms. The molecule has 0 saturated heterocycles. The summed E-state index contributed by atoms with van der Waals surface area (Å²) in [6.07, 6.45) is 7.11. The van der Waals surface area contributed by atoms with Crippen molar-refractivity contribution in [2.24, 2.45) is 5.41 Å². The molecule has 1 aromatic carbocycles. The maximum absolute atomic E-state index is 10.2. The molecule has 1 atom stereocenters. The normalized spacial score (nSPS) is 17.9. The van der Waals surface area contributed by atoms with Crippen molar-refractivity contribution < 1.29 is 9.84 Å². The fourth-order valence-electron chi connectivity index (χ4n) is 4.29. The highest BCUT2D eigenvalue weighted by atomic mass is 16.5. The van der Waals surface area contributed by atoms with Gasteiger partial charge in [0, 0.05) is 12.6 Å². The molecular formula is C23H39NO2. The summed E-state index contributed by atoms with van der Waals surface area (Å²) in [4.78, 5) is 0. The summed E-state index contributed by atoms with van der Waals surface area (Å²) in [6, 6.07) is 8.95. The first-order valence-electron chi connectivity index (χ1n) is 10.3.